The Hall–Kier alpha value is -1.11. The Balaban J connectivity index is 2.01. The van der Waals surface area contributed by atoms with Gasteiger partial charge in [0.1, 0.15) is 5.03 Å². The number of rotatable bonds is 6. The number of carbonyl (C=O) groups is 1. The van der Waals surface area contributed by atoms with Crippen LogP contribution in [0.2, 0.25) is 0 Å². The van der Waals surface area contributed by atoms with Gasteiger partial charge in [-0.1, -0.05) is 6.92 Å². The first-order valence-corrected chi connectivity index (χ1v) is 8.93. The van der Waals surface area contributed by atoms with Crippen LogP contribution >= 0.6 is 11.8 Å². The number of pyridine rings is 1. The summed E-state index contributed by atoms with van der Waals surface area (Å²) in [7, 11) is 0. The highest BCUT2D eigenvalue weighted by molar-refractivity contribution is 7.98. The van der Waals surface area contributed by atoms with Crippen molar-refractivity contribution >= 4 is 17.7 Å². The van der Waals surface area contributed by atoms with Crippen LogP contribution in [0.4, 0.5) is 0 Å². The van der Waals surface area contributed by atoms with Gasteiger partial charge in [0.05, 0.1) is 18.8 Å². The zero-order valence-electron chi connectivity index (χ0n) is 13.6. The van der Waals surface area contributed by atoms with Crippen LogP contribution in [0.3, 0.4) is 0 Å². The number of aromatic nitrogens is 1. The molecule has 1 fully saturated rings. The topological polar surface area (TPSA) is 54.5 Å². The molecule has 0 aromatic carbocycles. The van der Waals surface area contributed by atoms with Crippen molar-refractivity contribution in [2.24, 2.45) is 0 Å². The molecule has 0 aliphatic carbocycles. The third-order valence-corrected chi connectivity index (χ3v) is 5.09. The van der Waals surface area contributed by atoms with Crippen LogP contribution in [0.15, 0.2) is 23.4 Å². The molecule has 1 atom stereocenters. The lowest BCUT2D eigenvalue weighted by Crippen LogP contribution is -2.56. The number of hydrogen-bond acceptors (Lipinski definition) is 5. The second-order valence-electron chi connectivity index (χ2n) is 5.69. The van der Waals surface area contributed by atoms with Gasteiger partial charge in [-0.05, 0) is 31.7 Å². The molecular formula is C16H25N3O2S. The molecule has 1 aliphatic heterocycles. The van der Waals surface area contributed by atoms with E-state index in [9.17, 15) is 4.79 Å². The van der Waals surface area contributed by atoms with Gasteiger partial charge in [-0.15, -0.1) is 11.8 Å². The number of thioether (sulfide) groups is 1. The lowest BCUT2D eigenvalue weighted by Gasteiger charge is -2.43. The van der Waals surface area contributed by atoms with Crippen LogP contribution in [0, 0.1) is 0 Å². The van der Waals surface area contributed by atoms with Crippen LogP contribution in [0.1, 0.15) is 30.6 Å². The molecule has 0 saturated carbocycles. The predicted molar refractivity (Wildman–Crippen MR) is 89.4 cm³/mol. The van der Waals surface area contributed by atoms with Crippen molar-refractivity contribution in [2.75, 3.05) is 39.1 Å². The van der Waals surface area contributed by atoms with Crippen molar-refractivity contribution < 1.29 is 9.53 Å². The first kappa shape index (κ1) is 17.2. The standard InChI is InChI=1S/C16H25N3O2S/c1-4-16(2,19-8-10-21-11-9-19)12-18-14(20)13-6-5-7-17-15(13)22-3/h5-7H,4,8-12H2,1-3H3,(H,18,20). The highest BCUT2D eigenvalue weighted by Gasteiger charge is 2.31. The molecule has 1 aliphatic rings. The quantitative estimate of drug-likeness (QED) is 0.812. The Labute approximate surface area is 136 Å². The van der Waals surface area contributed by atoms with Crippen molar-refractivity contribution in [3.8, 4) is 0 Å². The molecule has 1 N–H and O–H groups in total. The summed E-state index contributed by atoms with van der Waals surface area (Å²) in [6.45, 7) is 8.37. The average Bonchev–Trinajstić information content (AvgIpc) is 2.60. The van der Waals surface area contributed by atoms with E-state index in [2.05, 4.69) is 29.0 Å². The van der Waals surface area contributed by atoms with Crippen molar-refractivity contribution in [2.45, 2.75) is 30.8 Å². The Morgan fingerprint density at radius 2 is 2.23 bits per heavy atom. The molecule has 2 rings (SSSR count). The summed E-state index contributed by atoms with van der Waals surface area (Å²) in [4.78, 5) is 19.1. The van der Waals surface area contributed by atoms with E-state index >= 15 is 0 Å². The normalized spacial score (nSPS) is 18.7. The number of hydrogen-bond donors (Lipinski definition) is 1. The van der Waals surface area contributed by atoms with E-state index in [0.717, 1.165) is 37.8 Å². The number of nitrogens with zero attached hydrogens (tertiary/aromatic N) is 2. The van der Waals surface area contributed by atoms with Gasteiger partial charge in [0, 0.05) is 31.4 Å². The highest BCUT2D eigenvalue weighted by atomic mass is 32.2. The molecule has 6 heteroatoms. The molecule has 5 nitrogen and oxygen atoms in total. The third kappa shape index (κ3) is 4.00. The zero-order chi connectivity index (χ0) is 16.0. The van der Waals surface area contributed by atoms with E-state index < -0.39 is 0 Å². The van der Waals surface area contributed by atoms with Gasteiger partial charge in [0.25, 0.3) is 5.91 Å². The predicted octanol–water partition coefficient (Wildman–Crippen LogP) is 2.03. The van der Waals surface area contributed by atoms with Gasteiger partial charge >= 0.3 is 0 Å². The molecular weight excluding hydrogens is 298 g/mol. The summed E-state index contributed by atoms with van der Waals surface area (Å²) < 4.78 is 5.42. The lowest BCUT2D eigenvalue weighted by atomic mass is 9.95. The minimum Gasteiger partial charge on any atom is -0.379 e. The smallest absolute Gasteiger partial charge is 0.254 e. The van der Waals surface area contributed by atoms with Gasteiger partial charge in [-0.2, -0.15) is 0 Å². The number of ether oxygens (including phenoxy) is 1. The maximum Gasteiger partial charge on any atom is 0.254 e. The fraction of sp³-hybridized carbons (Fsp3) is 0.625. The number of carbonyl (C=O) groups excluding carboxylic acids is 1. The SMILES string of the molecule is CCC(C)(CNC(=O)c1cccnc1SC)N1CCOCC1. The molecule has 2 heterocycles. The summed E-state index contributed by atoms with van der Waals surface area (Å²) in [6, 6.07) is 3.63. The third-order valence-electron chi connectivity index (χ3n) is 4.38. The van der Waals surface area contributed by atoms with Gasteiger partial charge in [0.2, 0.25) is 0 Å². The molecule has 1 saturated heterocycles. The minimum absolute atomic E-state index is 0.0405. The molecule has 0 radical (unpaired) electrons. The summed E-state index contributed by atoms with van der Waals surface area (Å²) in [5.74, 6) is -0.0506. The van der Waals surface area contributed by atoms with Crippen LogP contribution < -0.4 is 5.32 Å². The number of amides is 1. The molecule has 22 heavy (non-hydrogen) atoms. The van der Waals surface area contributed by atoms with Crippen molar-refractivity contribution in [1.29, 1.82) is 0 Å². The monoisotopic (exact) mass is 323 g/mol. The maximum absolute atomic E-state index is 12.5. The second-order valence-corrected chi connectivity index (χ2v) is 6.49. The summed E-state index contributed by atoms with van der Waals surface area (Å²) in [5, 5.41) is 3.86. The lowest BCUT2D eigenvalue weighted by molar-refractivity contribution is -0.0169. The molecule has 1 aromatic heterocycles. The van der Waals surface area contributed by atoms with E-state index in [4.69, 9.17) is 4.74 Å². The Morgan fingerprint density at radius 3 is 2.86 bits per heavy atom. The van der Waals surface area contributed by atoms with Gasteiger partial charge in [0.15, 0.2) is 0 Å². The first-order valence-electron chi connectivity index (χ1n) is 7.70. The molecule has 1 aromatic rings. The zero-order valence-corrected chi connectivity index (χ0v) is 14.4. The molecule has 1 unspecified atom stereocenters. The summed E-state index contributed by atoms with van der Waals surface area (Å²) >= 11 is 1.49. The van der Waals surface area contributed by atoms with E-state index in [1.54, 1.807) is 12.3 Å². The van der Waals surface area contributed by atoms with E-state index in [1.165, 1.54) is 11.8 Å². The molecule has 122 valence electrons. The van der Waals surface area contributed by atoms with Crippen LogP contribution in [-0.2, 0) is 4.74 Å². The highest BCUT2D eigenvalue weighted by Crippen LogP contribution is 2.21. The fourth-order valence-electron chi connectivity index (χ4n) is 2.66. The fourth-order valence-corrected chi connectivity index (χ4v) is 3.20. The van der Waals surface area contributed by atoms with Gasteiger partial charge in [-0.3, -0.25) is 9.69 Å². The summed E-state index contributed by atoms with van der Waals surface area (Å²) in [6.07, 6.45) is 4.63. The van der Waals surface area contributed by atoms with Crippen molar-refractivity contribution in [1.82, 2.24) is 15.2 Å². The Morgan fingerprint density at radius 1 is 1.50 bits per heavy atom. The Bertz CT molecular complexity index is 506. The van der Waals surface area contributed by atoms with E-state index in [0.29, 0.717) is 12.1 Å². The largest absolute Gasteiger partial charge is 0.379 e. The maximum atomic E-state index is 12.5. The Kier molecular flexibility index (Phi) is 6.23. The second kappa shape index (κ2) is 7.94. The summed E-state index contributed by atoms with van der Waals surface area (Å²) in [5.41, 5.74) is 0.608. The van der Waals surface area contributed by atoms with E-state index in [1.807, 2.05) is 12.3 Å². The molecule has 0 spiro atoms. The van der Waals surface area contributed by atoms with Crippen molar-refractivity contribution in [3.63, 3.8) is 0 Å². The first-order chi connectivity index (χ1) is 10.6. The van der Waals surface area contributed by atoms with Crippen LogP contribution in [-0.4, -0.2) is 60.4 Å². The van der Waals surface area contributed by atoms with Crippen LogP contribution in [0.25, 0.3) is 0 Å². The van der Waals surface area contributed by atoms with Gasteiger partial charge < -0.3 is 10.1 Å². The van der Waals surface area contributed by atoms with Crippen LogP contribution in [0.5, 0.6) is 0 Å². The minimum atomic E-state index is -0.0506. The number of nitrogens with one attached hydrogen (secondary N) is 1. The number of morpholine rings is 1. The van der Waals surface area contributed by atoms with Gasteiger partial charge in [-0.25, -0.2) is 4.98 Å². The van der Waals surface area contributed by atoms with Crippen molar-refractivity contribution in [3.05, 3.63) is 23.9 Å². The average molecular weight is 323 g/mol. The molecule has 1 amide bonds. The van der Waals surface area contributed by atoms with E-state index in [-0.39, 0.29) is 11.4 Å². The molecule has 0 bridgehead atoms.